The molecular formula is C24H39N5O7S2. The highest BCUT2D eigenvalue weighted by molar-refractivity contribution is 7.99. The van der Waals surface area contributed by atoms with Gasteiger partial charge in [-0.15, -0.1) is 0 Å². The molecule has 2 saturated carbocycles. The number of H-pyrrole nitrogens is 1. The lowest BCUT2D eigenvalue weighted by Gasteiger charge is -2.22. The maximum atomic E-state index is 12.1. The van der Waals surface area contributed by atoms with Crippen molar-refractivity contribution in [2.75, 3.05) is 25.2 Å². The Hall–Kier alpha value is -2.48. The van der Waals surface area contributed by atoms with E-state index in [2.05, 4.69) is 20.5 Å². The van der Waals surface area contributed by atoms with Gasteiger partial charge in [-0.05, 0) is 71.3 Å². The predicted octanol–water partition coefficient (Wildman–Crippen LogP) is 2.39. The fourth-order valence-electron chi connectivity index (χ4n) is 4.47. The predicted molar refractivity (Wildman–Crippen MR) is 143 cm³/mol. The molecular weight excluding hydrogens is 534 g/mol. The van der Waals surface area contributed by atoms with E-state index in [4.69, 9.17) is 19.9 Å². The van der Waals surface area contributed by atoms with E-state index in [1.54, 1.807) is 58.1 Å². The van der Waals surface area contributed by atoms with E-state index in [0.29, 0.717) is 31.2 Å². The van der Waals surface area contributed by atoms with E-state index in [9.17, 15) is 19.2 Å². The second kappa shape index (κ2) is 14.6. The maximum absolute atomic E-state index is 12.1. The van der Waals surface area contributed by atoms with Crippen molar-refractivity contribution in [1.82, 2.24) is 20.5 Å². The molecule has 2 aliphatic rings. The van der Waals surface area contributed by atoms with Crippen molar-refractivity contribution in [2.24, 2.45) is 29.4 Å². The number of aromatic nitrogens is 3. The summed E-state index contributed by atoms with van der Waals surface area (Å²) < 4.78 is 15.3. The Morgan fingerprint density at radius 3 is 2.34 bits per heavy atom. The fraction of sp³-hybridized carbons (Fsp3) is 0.750. The van der Waals surface area contributed by atoms with E-state index in [1.165, 1.54) is 6.33 Å². The van der Waals surface area contributed by atoms with Gasteiger partial charge < -0.3 is 25.3 Å². The number of nitrogens with one attached hydrogen (secondary N) is 2. The Balaban J connectivity index is 0.000000284. The first-order chi connectivity index (χ1) is 17.9. The third-order valence-electron chi connectivity index (χ3n) is 5.96. The molecule has 1 aromatic rings. The highest BCUT2D eigenvalue weighted by Gasteiger charge is 2.68. The lowest BCUT2D eigenvalue weighted by molar-refractivity contribution is -0.150. The zero-order chi connectivity index (χ0) is 28.5. The zero-order valence-corrected chi connectivity index (χ0v) is 24.4. The Morgan fingerprint density at radius 1 is 1.16 bits per heavy atom. The number of ether oxygens (including phenoxy) is 3. The number of carbonyl (C=O) groups excluding carboxylic acids is 4. The molecule has 6 unspecified atom stereocenters. The van der Waals surface area contributed by atoms with Crippen LogP contribution in [0, 0.1) is 23.7 Å². The van der Waals surface area contributed by atoms with Gasteiger partial charge in [0.25, 0.3) is 0 Å². The third-order valence-corrected chi connectivity index (χ3v) is 7.84. The van der Waals surface area contributed by atoms with Crippen LogP contribution in [0.1, 0.15) is 47.5 Å². The van der Waals surface area contributed by atoms with Crippen LogP contribution in [0.3, 0.4) is 0 Å². The summed E-state index contributed by atoms with van der Waals surface area (Å²) in [5, 5.41) is 9.96. The van der Waals surface area contributed by atoms with Crippen LogP contribution in [0.25, 0.3) is 0 Å². The van der Waals surface area contributed by atoms with Crippen LogP contribution in [0.2, 0.25) is 0 Å². The summed E-state index contributed by atoms with van der Waals surface area (Å²) in [6, 6.07) is -0.665. The number of fused-ring (bicyclic) bond motifs is 1. The number of carbonyl (C=O) groups is 4. The standard InChI is InChI=1S/C14H19N3O4S.C10H20N2O3S/c1-3-20-12(18)7-5-8(22-14-15-6-16-17-14)10-9(7)11(10)13(19)21-4-2;1-10(2,3)15-9(14)12-7(8(11)13)5-6-16-4/h6-11H,3-5H2,1-2H3,(H,15,16,17);7H,5-6H2,1-4H3,(H2,11,13)(H,12,14). The molecule has 4 N–H and O–H groups in total. The van der Waals surface area contributed by atoms with E-state index < -0.39 is 23.6 Å². The second-order valence-corrected chi connectivity index (χ2v) is 12.1. The number of amides is 2. The molecule has 2 amide bonds. The number of hydrogen-bond donors (Lipinski definition) is 3. The molecule has 0 radical (unpaired) electrons. The number of rotatable bonds is 11. The molecule has 0 spiro atoms. The average Bonchev–Trinajstić information content (AvgIpc) is 3.14. The highest BCUT2D eigenvalue weighted by Crippen LogP contribution is 2.64. The van der Waals surface area contributed by atoms with Crippen molar-refractivity contribution in [3.8, 4) is 0 Å². The third kappa shape index (κ3) is 9.37. The zero-order valence-electron chi connectivity index (χ0n) is 22.7. The van der Waals surface area contributed by atoms with Gasteiger partial charge in [-0.2, -0.15) is 16.9 Å². The summed E-state index contributed by atoms with van der Waals surface area (Å²) in [6.07, 6.45) is 3.97. The number of esters is 2. The maximum Gasteiger partial charge on any atom is 0.408 e. The van der Waals surface area contributed by atoms with E-state index >= 15 is 0 Å². The SMILES string of the molecule is CCOC(=O)C1CC(Sc2ncn[nH]2)C2C(C(=O)OCC)C12.CSCCC(NC(=O)OC(C)(C)C)C(N)=O. The molecule has 38 heavy (non-hydrogen) atoms. The number of thioether (sulfide) groups is 2. The second-order valence-electron chi connectivity index (χ2n) is 9.86. The van der Waals surface area contributed by atoms with Crippen molar-refractivity contribution >= 4 is 47.5 Å². The number of hydrogen-bond acceptors (Lipinski definition) is 11. The monoisotopic (exact) mass is 573 g/mol. The molecule has 2 fully saturated rings. The quantitative estimate of drug-likeness (QED) is 0.262. The minimum Gasteiger partial charge on any atom is -0.466 e. The lowest BCUT2D eigenvalue weighted by atomic mass is 10.00. The van der Waals surface area contributed by atoms with Crippen LogP contribution < -0.4 is 11.1 Å². The lowest BCUT2D eigenvalue weighted by Crippen LogP contribution is -2.46. The van der Waals surface area contributed by atoms with Crippen LogP contribution in [0.5, 0.6) is 0 Å². The molecule has 3 rings (SSSR count). The van der Waals surface area contributed by atoms with Gasteiger partial charge in [0, 0.05) is 5.25 Å². The summed E-state index contributed by atoms with van der Waals surface area (Å²) in [5.74, 6) is -0.409. The number of alkyl carbamates (subject to hydrolysis) is 1. The normalized spacial score (nSPS) is 24.2. The van der Waals surface area contributed by atoms with Crippen molar-refractivity contribution in [1.29, 1.82) is 0 Å². The Kier molecular flexibility index (Phi) is 12.2. The van der Waals surface area contributed by atoms with Crippen LogP contribution in [-0.2, 0) is 28.6 Å². The molecule has 0 saturated heterocycles. The van der Waals surface area contributed by atoms with Crippen molar-refractivity contribution in [2.45, 2.75) is 69.5 Å². The molecule has 6 atom stereocenters. The van der Waals surface area contributed by atoms with Gasteiger partial charge in [0.05, 0.1) is 25.0 Å². The van der Waals surface area contributed by atoms with Gasteiger partial charge in [-0.3, -0.25) is 19.5 Å². The first-order valence-corrected chi connectivity index (χ1v) is 14.8. The van der Waals surface area contributed by atoms with Crippen LogP contribution in [0.15, 0.2) is 11.5 Å². The summed E-state index contributed by atoms with van der Waals surface area (Å²) in [4.78, 5) is 50.8. The number of nitrogens with zero attached hydrogens (tertiary/aromatic N) is 2. The van der Waals surface area contributed by atoms with Crippen LogP contribution >= 0.6 is 23.5 Å². The van der Waals surface area contributed by atoms with E-state index in [0.717, 1.165) is 5.75 Å². The first-order valence-electron chi connectivity index (χ1n) is 12.6. The summed E-state index contributed by atoms with van der Waals surface area (Å²) in [5.41, 5.74) is 4.59. The smallest absolute Gasteiger partial charge is 0.408 e. The fourth-order valence-corrected chi connectivity index (χ4v) is 6.25. The molecule has 1 heterocycles. The van der Waals surface area contributed by atoms with Gasteiger partial charge in [0.2, 0.25) is 5.91 Å². The molecule has 2 aliphatic carbocycles. The summed E-state index contributed by atoms with van der Waals surface area (Å²) >= 11 is 3.13. The average molecular weight is 574 g/mol. The highest BCUT2D eigenvalue weighted by atomic mass is 32.2. The minimum atomic E-state index is -0.665. The van der Waals surface area contributed by atoms with E-state index in [1.807, 2.05) is 6.26 Å². The van der Waals surface area contributed by atoms with Gasteiger partial charge in [-0.25, -0.2) is 9.78 Å². The number of nitrogens with two attached hydrogens (primary N) is 1. The van der Waals surface area contributed by atoms with Gasteiger partial charge in [-0.1, -0.05) is 11.8 Å². The summed E-state index contributed by atoms with van der Waals surface area (Å²) in [7, 11) is 0. The molecule has 214 valence electrons. The Bertz CT molecular complexity index is 941. The van der Waals surface area contributed by atoms with Gasteiger partial charge in [0.15, 0.2) is 5.16 Å². The molecule has 1 aromatic heterocycles. The molecule has 0 bridgehead atoms. The van der Waals surface area contributed by atoms with Crippen molar-refractivity contribution in [3.63, 3.8) is 0 Å². The summed E-state index contributed by atoms with van der Waals surface area (Å²) in [6.45, 7) is 9.57. The van der Waals surface area contributed by atoms with Crippen molar-refractivity contribution in [3.05, 3.63) is 6.33 Å². The van der Waals surface area contributed by atoms with Crippen LogP contribution in [0.4, 0.5) is 4.79 Å². The minimum absolute atomic E-state index is 0.0403. The van der Waals surface area contributed by atoms with Gasteiger partial charge >= 0.3 is 18.0 Å². The van der Waals surface area contributed by atoms with Gasteiger partial charge in [0.1, 0.15) is 18.0 Å². The van der Waals surface area contributed by atoms with Crippen LogP contribution in [-0.4, -0.2) is 81.2 Å². The number of aromatic amines is 1. The first kappa shape index (κ1) is 31.7. The Morgan fingerprint density at radius 2 is 1.82 bits per heavy atom. The molecule has 14 heteroatoms. The largest absolute Gasteiger partial charge is 0.466 e. The molecule has 0 aliphatic heterocycles. The van der Waals surface area contributed by atoms with E-state index in [-0.39, 0.29) is 40.9 Å². The number of primary amides is 1. The topological polar surface area (TPSA) is 176 Å². The van der Waals surface area contributed by atoms with Crippen molar-refractivity contribution < 1.29 is 33.4 Å². The Labute approximate surface area is 231 Å². The molecule has 0 aromatic carbocycles. The molecule has 12 nitrogen and oxygen atoms in total.